The molecule has 9 nitrogen and oxygen atoms in total. The summed E-state index contributed by atoms with van der Waals surface area (Å²) < 4.78 is 5.60. The summed E-state index contributed by atoms with van der Waals surface area (Å²) in [5.74, 6) is -0.112. The normalized spacial score (nSPS) is 10.7. The minimum Gasteiger partial charge on any atom is -0.478 e. The fourth-order valence-corrected chi connectivity index (χ4v) is 2.96. The van der Waals surface area contributed by atoms with Gasteiger partial charge in [0.05, 0.1) is 5.69 Å². The number of nitrogen functional groups attached to an aromatic ring is 1. The molecule has 0 spiro atoms. The van der Waals surface area contributed by atoms with Crippen molar-refractivity contribution < 1.29 is 14.3 Å². The highest BCUT2D eigenvalue weighted by atomic mass is 16.4. The molecule has 30 heavy (non-hydrogen) atoms. The number of pyridine rings is 3. The predicted octanol–water partition coefficient (Wildman–Crippen LogP) is 3.45. The molecule has 4 aromatic rings. The Kier molecular flexibility index (Phi) is 5.08. The summed E-state index contributed by atoms with van der Waals surface area (Å²) in [4.78, 5) is 28.6. The second-order valence-electron chi connectivity index (χ2n) is 6.60. The van der Waals surface area contributed by atoms with Gasteiger partial charge in [-0.25, -0.2) is 14.8 Å². The number of rotatable bonds is 6. The number of nitrogens with zero attached hydrogens (tertiary/aromatic N) is 4. The van der Waals surface area contributed by atoms with Crippen LogP contribution in [-0.4, -0.2) is 31.0 Å². The van der Waals surface area contributed by atoms with Crippen molar-refractivity contribution in [2.75, 3.05) is 11.1 Å². The molecule has 0 amide bonds. The molecule has 4 N–H and O–H groups in total. The lowest BCUT2D eigenvalue weighted by atomic mass is 10.1. The Bertz CT molecular complexity index is 1210. The summed E-state index contributed by atoms with van der Waals surface area (Å²) in [6.45, 7) is 1.91. The van der Waals surface area contributed by atoms with Crippen molar-refractivity contribution in [3.05, 3.63) is 77.4 Å². The predicted molar refractivity (Wildman–Crippen MR) is 110 cm³/mol. The van der Waals surface area contributed by atoms with Crippen molar-refractivity contribution in [3.8, 4) is 11.5 Å². The minimum absolute atomic E-state index is 0.00484. The third kappa shape index (κ3) is 4.09. The lowest BCUT2D eigenvalue weighted by Crippen LogP contribution is -2.06. The first-order valence-electron chi connectivity index (χ1n) is 9.08. The molecule has 0 bridgehead atoms. The van der Waals surface area contributed by atoms with E-state index >= 15 is 0 Å². The standard InChI is InChI=1S/C21H18N6O3/c1-12-4-9-24-17(10-12)27-19-14(20(28)29)2-3-15(25-19)18-16(26-21(22)30-18)11-13-5-7-23-8-6-13/h2-10H,11H2,1H3,(H2,22,26)(H,28,29)(H,24,25,27). The SMILES string of the molecule is Cc1ccnc(Nc2nc(-c3oc(N)nc3Cc3ccncc3)ccc2C(=O)O)c1. The highest BCUT2D eigenvalue weighted by molar-refractivity contribution is 5.94. The Hall–Kier alpha value is -4.27. The average molecular weight is 402 g/mol. The largest absolute Gasteiger partial charge is 0.478 e. The monoisotopic (exact) mass is 402 g/mol. The van der Waals surface area contributed by atoms with Gasteiger partial charge in [-0.2, -0.15) is 4.98 Å². The Morgan fingerprint density at radius 2 is 1.93 bits per heavy atom. The number of aromatic nitrogens is 4. The van der Waals surface area contributed by atoms with Crippen LogP contribution < -0.4 is 11.1 Å². The summed E-state index contributed by atoms with van der Waals surface area (Å²) in [5, 5.41) is 12.5. The molecule has 0 saturated carbocycles. The fraction of sp³-hybridized carbons (Fsp3) is 0.0952. The van der Waals surface area contributed by atoms with Crippen molar-refractivity contribution in [3.63, 3.8) is 0 Å². The first-order chi connectivity index (χ1) is 14.5. The van der Waals surface area contributed by atoms with E-state index < -0.39 is 5.97 Å². The number of hydrogen-bond acceptors (Lipinski definition) is 8. The van der Waals surface area contributed by atoms with Gasteiger partial charge in [0.25, 0.3) is 6.01 Å². The Balaban J connectivity index is 1.74. The number of carboxylic acids is 1. The van der Waals surface area contributed by atoms with Gasteiger partial charge in [0.15, 0.2) is 5.76 Å². The van der Waals surface area contributed by atoms with E-state index in [9.17, 15) is 9.90 Å². The van der Waals surface area contributed by atoms with Gasteiger partial charge in [-0.15, -0.1) is 0 Å². The quantitative estimate of drug-likeness (QED) is 0.442. The number of aromatic carboxylic acids is 1. The van der Waals surface area contributed by atoms with E-state index in [0.717, 1.165) is 11.1 Å². The number of aryl methyl sites for hydroxylation is 1. The molecule has 0 aliphatic rings. The lowest BCUT2D eigenvalue weighted by Gasteiger charge is -2.10. The van der Waals surface area contributed by atoms with Crippen LogP contribution in [-0.2, 0) is 6.42 Å². The number of oxazole rings is 1. The van der Waals surface area contributed by atoms with E-state index in [4.69, 9.17) is 10.2 Å². The van der Waals surface area contributed by atoms with Gasteiger partial charge >= 0.3 is 5.97 Å². The van der Waals surface area contributed by atoms with Crippen LogP contribution in [0.2, 0.25) is 0 Å². The van der Waals surface area contributed by atoms with Crippen molar-refractivity contribution in [1.29, 1.82) is 0 Å². The van der Waals surface area contributed by atoms with Crippen molar-refractivity contribution in [2.45, 2.75) is 13.3 Å². The first kappa shape index (κ1) is 19.1. The van der Waals surface area contributed by atoms with Crippen LogP contribution in [0.25, 0.3) is 11.5 Å². The summed E-state index contributed by atoms with van der Waals surface area (Å²) in [5.41, 5.74) is 8.74. The van der Waals surface area contributed by atoms with Gasteiger partial charge in [0.1, 0.15) is 22.9 Å². The summed E-state index contributed by atoms with van der Waals surface area (Å²) in [6, 6.07) is 10.4. The van der Waals surface area contributed by atoms with Crippen molar-refractivity contribution in [2.24, 2.45) is 0 Å². The molecule has 0 atom stereocenters. The highest BCUT2D eigenvalue weighted by Gasteiger charge is 2.19. The number of hydrogen-bond donors (Lipinski definition) is 3. The topological polar surface area (TPSA) is 140 Å². The zero-order valence-corrected chi connectivity index (χ0v) is 16.0. The van der Waals surface area contributed by atoms with E-state index in [-0.39, 0.29) is 17.4 Å². The molecule has 9 heteroatoms. The van der Waals surface area contributed by atoms with E-state index in [2.05, 4.69) is 25.3 Å². The van der Waals surface area contributed by atoms with Crippen LogP contribution in [0.4, 0.5) is 17.7 Å². The first-order valence-corrected chi connectivity index (χ1v) is 9.08. The molecule has 4 heterocycles. The average Bonchev–Trinajstić information content (AvgIpc) is 3.08. The maximum Gasteiger partial charge on any atom is 0.339 e. The van der Waals surface area contributed by atoms with Gasteiger partial charge in [0, 0.05) is 25.0 Å². The van der Waals surface area contributed by atoms with Gasteiger partial charge < -0.3 is 20.6 Å². The van der Waals surface area contributed by atoms with E-state index in [1.54, 1.807) is 30.7 Å². The maximum atomic E-state index is 11.7. The molecule has 4 aromatic heterocycles. The van der Waals surface area contributed by atoms with E-state index in [0.29, 0.717) is 29.4 Å². The number of carboxylic acid groups (broad SMARTS) is 1. The molecular weight excluding hydrogens is 384 g/mol. The molecule has 0 aliphatic heterocycles. The number of nitrogens with two attached hydrogens (primary N) is 1. The molecule has 0 saturated heterocycles. The van der Waals surface area contributed by atoms with E-state index in [1.165, 1.54) is 6.07 Å². The smallest absolute Gasteiger partial charge is 0.339 e. The van der Waals surface area contributed by atoms with Crippen molar-refractivity contribution >= 4 is 23.6 Å². The third-order valence-electron chi connectivity index (χ3n) is 4.36. The minimum atomic E-state index is -1.11. The van der Waals surface area contributed by atoms with Crippen LogP contribution in [0.5, 0.6) is 0 Å². The van der Waals surface area contributed by atoms with E-state index in [1.807, 2.05) is 25.1 Å². The van der Waals surface area contributed by atoms with Gasteiger partial charge in [-0.3, -0.25) is 4.98 Å². The van der Waals surface area contributed by atoms with Gasteiger partial charge in [0.2, 0.25) is 0 Å². The Morgan fingerprint density at radius 3 is 2.67 bits per heavy atom. The van der Waals surface area contributed by atoms with Gasteiger partial charge in [-0.05, 0) is 54.4 Å². The molecule has 4 rings (SSSR count). The Morgan fingerprint density at radius 1 is 1.13 bits per heavy atom. The molecule has 0 unspecified atom stereocenters. The van der Waals surface area contributed by atoms with Crippen LogP contribution in [0.1, 0.15) is 27.2 Å². The second-order valence-corrected chi connectivity index (χ2v) is 6.60. The summed E-state index contributed by atoms with van der Waals surface area (Å²) in [7, 11) is 0. The van der Waals surface area contributed by atoms with Crippen LogP contribution in [0.3, 0.4) is 0 Å². The van der Waals surface area contributed by atoms with Crippen LogP contribution in [0.15, 0.2) is 59.4 Å². The molecule has 0 fully saturated rings. The Labute approximate surface area is 171 Å². The third-order valence-corrected chi connectivity index (χ3v) is 4.36. The molecule has 0 aromatic carbocycles. The molecule has 150 valence electrons. The van der Waals surface area contributed by atoms with Crippen LogP contribution in [0, 0.1) is 6.92 Å². The number of anilines is 3. The maximum absolute atomic E-state index is 11.7. The van der Waals surface area contributed by atoms with Crippen molar-refractivity contribution in [1.82, 2.24) is 19.9 Å². The summed E-state index contributed by atoms with van der Waals surface area (Å²) >= 11 is 0. The summed E-state index contributed by atoms with van der Waals surface area (Å²) in [6.07, 6.45) is 5.47. The highest BCUT2D eigenvalue weighted by Crippen LogP contribution is 2.29. The number of carbonyl (C=O) groups is 1. The number of nitrogens with one attached hydrogen (secondary N) is 1. The zero-order chi connectivity index (χ0) is 21.1. The lowest BCUT2D eigenvalue weighted by molar-refractivity contribution is 0.0697. The second kappa shape index (κ2) is 8.00. The molecule has 0 aliphatic carbocycles. The molecular formula is C21H18N6O3. The zero-order valence-electron chi connectivity index (χ0n) is 16.0. The van der Waals surface area contributed by atoms with Gasteiger partial charge in [-0.1, -0.05) is 0 Å². The fourth-order valence-electron chi connectivity index (χ4n) is 2.96. The van der Waals surface area contributed by atoms with Crippen LogP contribution >= 0.6 is 0 Å². The molecule has 0 radical (unpaired) electrons.